The van der Waals surface area contributed by atoms with Crippen LogP contribution in [0.15, 0.2) is 61.1 Å². The first-order chi connectivity index (χ1) is 15.6. The van der Waals surface area contributed by atoms with E-state index < -0.39 is 0 Å². The van der Waals surface area contributed by atoms with Crippen LogP contribution in [0.5, 0.6) is 0 Å². The van der Waals surface area contributed by atoms with Crippen LogP contribution in [0.2, 0.25) is 0 Å². The molecule has 7 heteroatoms. The number of amides is 1. The number of rotatable bonds is 6. The number of imidazole rings is 1. The zero-order valence-corrected chi connectivity index (χ0v) is 18.3. The van der Waals surface area contributed by atoms with Crippen LogP contribution in [0.1, 0.15) is 27.9 Å². The lowest BCUT2D eigenvalue weighted by molar-refractivity contribution is 0.0695. The van der Waals surface area contributed by atoms with Gasteiger partial charge in [-0.15, -0.1) is 0 Å². The molecular weight excluding hydrogens is 402 g/mol. The Morgan fingerprint density at radius 2 is 1.84 bits per heavy atom. The van der Waals surface area contributed by atoms with Crippen molar-refractivity contribution in [3.63, 3.8) is 0 Å². The molecule has 164 valence electrons. The summed E-state index contributed by atoms with van der Waals surface area (Å²) in [5, 5.41) is 8.95. The molecule has 2 aromatic carbocycles. The van der Waals surface area contributed by atoms with Crippen molar-refractivity contribution in [1.82, 2.24) is 19.4 Å². The molecule has 7 nitrogen and oxygen atoms in total. The predicted molar refractivity (Wildman–Crippen MR) is 121 cm³/mol. The van der Waals surface area contributed by atoms with Crippen LogP contribution < -0.4 is 0 Å². The highest BCUT2D eigenvalue weighted by Crippen LogP contribution is 2.13. The lowest BCUT2D eigenvalue weighted by Crippen LogP contribution is -2.48. The van der Waals surface area contributed by atoms with Gasteiger partial charge in [0, 0.05) is 45.5 Å². The van der Waals surface area contributed by atoms with Crippen LogP contribution in [-0.2, 0) is 24.4 Å². The summed E-state index contributed by atoms with van der Waals surface area (Å²) in [4.78, 5) is 20.9. The van der Waals surface area contributed by atoms with Gasteiger partial charge in [0.1, 0.15) is 6.61 Å². The van der Waals surface area contributed by atoms with Gasteiger partial charge in [0.25, 0.3) is 0 Å². The van der Waals surface area contributed by atoms with E-state index in [0.29, 0.717) is 31.8 Å². The first kappa shape index (κ1) is 21.6. The SMILES string of the molecule is Cc1cccc(COC(=O)N2CCN(Cc3cncn3Cc3ccc(C#N)cc3)CC2)c1. The van der Waals surface area contributed by atoms with E-state index in [-0.39, 0.29) is 6.09 Å². The van der Waals surface area contributed by atoms with Gasteiger partial charge < -0.3 is 14.2 Å². The Morgan fingerprint density at radius 1 is 1.06 bits per heavy atom. The van der Waals surface area contributed by atoms with Gasteiger partial charge in [0.05, 0.1) is 23.7 Å². The van der Waals surface area contributed by atoms with Crippen LogP contribution in [-0.4, -0.2) is 51.6 Å². The van der Waals surface area contributed by atoms with E-state index >= 15 is 0 Å². The zero-order valence-electron chi connectivity index (χ0n) is 18.3. The summed E-state index contributed by atoms with van der Waals surface area (Å²) in [6, 6.07) is 17.8. The molecule has 0 spiro atoms. The van der Waals surface area contributed by atoms with Gasteiger partial charge in [0.15, 0.2) is 0 Å². The van der Waals surface area contributed by atoms with Gasteiger partial charge in [-0.05, 0) is 30.2 Å². The molecule has 1 aromatic heterocycles. The van der Waals surface area contributed by atoms with Gasteiger partial charge in [-0.1, -0.05) is 42.0 Å². The maximum atomic E-state index is 12.4. The molecule has 0 N–H and O–H groups in total. The fraction of sp³-hybridized carbons (Fsp3) is 0.320. The zero-order chi connectivity index (χ0) is 22.3. The summed E-state index contributed by atoms with van der Waals surface area (Å²) in [5.74, 6) is 0. The van der Waals surface area contributed by atoms with E-state index in [2.05, 4.69) is 20.5 Å². The number of carbonyl (C=O) groups excluding carboxylic acids is 1. The predicted octanol–water partition coefficient (Wildman–Crippen LogP) is 3.57. The Kier molecular flexibility index (Phi) is 6.83. The average molecular weight is 430 g/mol. The Hall–Kier alpha value is -3.63. The number of nitriles is 1. The van der Waals surface area contributed by atoms with Gasteiger partial charge in [-0.3, -0.25) is 4.90 Å². The quantitative estimate of drug-likeness (QED) is 0.599. The minimum Gasteiger partial charge on any atom is -0.445 e. The molecule has 0 aliphatic carbocycles. The van der Waals surface area contributed by atoms with Crippen LogP contribution in [0.25, 0.3) is 0 Å². The number of aryl methyl sites for hydroxylation is 1. The van der Waals surface area contributed by atoms with Crippen molar-refractivity contribution in [1.29, 1.82) is 5.26 Å². The minimum atomic E-state index is -0.253. The number of aromatic nitrogens is 2. The molecule has 3 aromatic rings. The summed E-state index contributed by atoms with van der Waals surface area (Å²) < 4.78 is 7.63. The molecule has 32 heavy (non-hydrogen) atoms. The highest BCUT2D eigenvalue weighted by molar-refractivity contribution is 5.67. The van der Waals surface area contributed by atoms with E-state index in [1.165, 1.54) is 0 Å². The monoisotopic (exact) mass is 429 g/mol. The standard InChI is InChI=1S/C25H27N5O2/c1-20-3-2-4-23(13-20)18-32-25(31)29-11-9-28(10-12-29)17-24-15-27-19-30(24)16-22-7-5-21(14-26)6-8-22/h2-8,13,15,19H,9-12,16-18H2,1H3. The lowest BCUT2D eigenvalue weighted by atomic mass is 10.1. The number of benzene rings is 2. The Labute approximate surface area is 188 Å². The second-order valence-electron chi connectivity index (χ2n) is 8.13. The molecular formula is C25H27N5O2. The van der Waals surface area contributed by atoms with Crippen LogP contribution in [0, 0.1) is 18.3 Å². The Balaban J connectivity index is 1.26. The molecule has 2 heterocycles. The molecule has 1 aliphatic rings. The van der Waals surface area contributed by atoms with Gasteiger partial charge in [0.2, 0.25) is 0 Å². The van der Waals surface area contributed by atoms with Crippen molar-refractivity contribution in [2.45, 2.75) is 26.6 Å². The first-order valence-corrected chi connectivity index (χ1v) is 10.8. The summed E-state index contributed by atoms with van der Waals surface area (Å²) >= 11 is 0. The number of ether oxygens (including phenoxy) is 1. The van der Waals surface area contributed by atoms with Gasteiger partial charge in [-0.2, -0.15) is 5.26 Å². The number of nitrogens with zero attached hydrogens (tertiary/aromatic N) is 5. The van der Waals surface area contributed by atoms with E-state index in [1.807, 2.05) is 68.0 Å². The molecule has 0 radical (unpaired) electrons. The number of carbonyl (C=O) groups is 1. The summed E-state index contributed by atoms with van der Waals surface area (Å²) in [5.41, 5.74) is 5.09. The third-order valence-corrected chi connectivity index (χ3v) is 5.70. The molecule has 1 saturated heterocycles. The highest BCUT2D eigenvalue weighted by Gasteiger charge is 2.23. The summed E-state index contributed by atoms with van der Waals surface area (Å²) in [6.45, 7) is 6.71. The average Bonchev–Trinajstić information content (AvgIpc) is 3.25. The largest absolute Gasteiger partial charge is 0.445 e. The Bertz CT molecular complexity index is 1090. The summed E-state index contributed by atoms with van der Waals surface area (Å²) in [7, 11) is 0. The van der Waals surface area contributed by atoms with Crippen LogP contribution >= 0.6 is 0 Å². The smallest absolute Gasteiger partial charge is 0.410 e. The van der Waals surface area contributed by atoms with E-state index in [1.54, 1.807) is 4.90 Å². The van der Waals surface area contributed by atoms with E-state index in [0.717, 1.165) is 42.0 Å². The Morgan fingerprint density at radius 3 is 2.56 bits per heavy atom. The topological polar surface area (TPSA) is 74.4 Å². The molecule has 1 amide bonds. The maximum Gasteiger partial charge on any atom is 0.410 e. The molecule has 0 atom stereocenters. The molecule has 0 unspecified atom stereocenters. The molecule has 1 fully saturated rings. The second-order valence-corrected chi connectivity index (χ2v) is 8.13. The molecule has 1 aliphatic heterocycles. The third-order valence-electron chi connectivity index (χ3n) is 5.70. The van der Waals surface area contributed by atoms with E-state index in [9.17, 15) is 4.79 Å². The highest BCUT2D eigenvalue weighted by atomic mass is 16.6. The second kappa shape index (κ2) is 10.1. The number of hydrogen-bond donors (Lipinski definition) is 0. The lowest BCUT2D eigenvalue weighted by Gasteiger charge is -2.34. The fourth-order valence-electron chi connectivity index (χ4n) is 3.86. The maximum absolute atomic E-state index is 12.4. The van der Waals surface area contributed by atoms with Gasteiger partial charge in [-0.25, -0.2) is 9.78 Å². The van der Waals surface area contributed by atoms with Crippen molar-refractivity contribution < 1.29 is 9.53 Å². The van der Waals surface area contributed by atoms with Crippen molar-refractivity contribution >= 4 is 6.09 Å². The van der Waals surface area contributed by atoms with Crippen molar-refractivity contribution in [2.24, 2.45) is 0 Å². The molecule has 0 bridgehead atoms. The van der Waals surface area contributed by atoms with Crippen LogP contribution in [0.4, 0.5) is 4.79 Å². The normalized spacial score (nSPS) is 14.2. The fourth-order valence-corrected chi connectivity index (χ4v) is 3.86. The molecule has 4 rings (SSSR count). The summed E-state index contributed by atoms with van der Waals surface area (Å²) in [6.07, 6.45) is 3.48. The molecule has 0 saturated carbocycles. The van der Waals surface area contributed by atoms with Crippen LogP contribution in [0.3, 0.4) is 0 Å². The first-order valence-electron chi connectivity index (χ1n) is 10.8. The number of piperazine rings is 1. The minimum absolute atomic E-state index is 0.253. The number of hydrogen-bond acceptors (Lipinski definition) is 5. The van der Waals surface area contributed by atoms with Crippen molar-refractivity contribution in [3.8, 4) is 6.07 Å². The van der Waals surface area contributed by atoms with Gasteiger partial charge >= 0.3 is 6.09 Å². The van der Waals surface area contributed by atoms with E-state index in [4.69, 9.17) is 10.00 Å². The third kappa shape index (κ3) is 5.54. The van der Waals surface area contributed by atoms with Crippen molar-refractivity contribution in [3.05, 3.63) is 89.0 Å². The van der Waals surface area contributed by atoms with Crippen molar-refractivity contribution in [2.75, 3.05) is 26.2 Å².